The van der Waals surface area contributed by atoms with Crippen LogP contribution in [0.4, 0.5) is 4.39 Å². The van der Waals surface area contributed by atoms with E-state index in [1.807, 2.05) is 12.1 Å². The number of benzene rings is 2. The Morgan fingerprint density at radius 1 is 1.04 bits per heavy atom. The molecule has 0 bridgehead atoms. The van der Waals surface area contributed by atoms with Crippen molar-refractivity contribution in [2.24, 2.45) is 0 Å². The van der Waals surface area contributed by atoms with Gasteiger partial charge in [-0.25, -0.2) is 9.18 Å². The smallest absolute Gasteiger partial charge is 0.350 e. The Morgan fingerprint density at radius 3 is 2.44 bits per heavy atom. The number of carbonyl (C=O) groups excluding carboxylic acids is 3. The number of esters is 1. The van der Waals surface area contributed by atoms with Crippen molar-refractivity contribution in [3.8, 4) is 0 Å². The van der Waals surface area contributed by atoms with E-state index >= 15 is 0 Å². The van der Waals surface area contributed by atoms with E-state index < -0.39 is 30.2 Å². The van der Waals surface area contributed by atoms with Crippen LogP contribution in [0.1, 0.15) is 20.0 Å². The van der Waals surface area contributed by atoms with E-state index in [0.717, 1.165) is 33.6 Å². The minimum Gasteiger partial charge on any atom is -0.451 e. The summed E-state index contributed by atoms with van der Waals surface area (Å²) < 4.78 is 18.6. The molecule has 0 fully saturated rings. The minimum absolute atomic E-state index is 0.158. The zero-order chi connectivity index (χ0) is 19.4. The molecule has 2 N–H and O–H groups in total. The Bertz CT molecular complexity index is 1020. The maximum Gasteiger partial charge on any atom is 0.350 e. The van der Waals surface area contributed by atoms with Gasteiger partial charge in [0.2, 0.25) is 0 Å². The minimum atomic E-state index is -0.740. The highest BCUT2D eigenvalue weighted by Crippen LogP contribution is 2.35. The SMILES string of the molecule is O=C(COC(=O)c1sc2ccccc2c1Cl)NNC(=O)c1ccc(F)cc1. The number of hydrazine groups is 1. The van der Waals surface area contributed by atoms with Gasteiger partial charge in [-0.1, -0.05) is 29.8 Å². The molecular formula is C18H12ClFN2O4S. The number of thiophene rings is 1. The Balaban J connectivity index is 1.52. The molecule has 2 amide bonds. The second kappa shape index (κ2) is 8.15. The van der Waals surface area contributed by atoms with E-state index in [4.69, 9.17) is 16.3 Å². The van der Waals surface area contributed by atoms with E-state index in [1.165, 1.54) is 12.1 Å². The molecule has 0 saturated carbocycles. The normalized spacial score (nSPS) is 10.4. The van der Waals surface area contributed by atoms with Crippen LogP contribution in [0.5, 0.6) is 0 Å². The van der Waals surface area contributed by atoms with Gasteiger partial charge in [0.1, 0.15) is 10.7 Å². The van der Waals surface area contributed by atoms with Crippen molar-refractivity contribution in [1.29, 1.82) is 0 Å². The summed E-state index contributed by atoms with van der Waals surface area (Å²) in [5, 5.41) is 0.998. The molecular weight excluding hydrogens is 395 g/mol. The maximum absolute atomic E-state index is 12.8. The molecule has 3 rings (SSSR count). The summed E-state index contributed by atoms with van der Waals surface area (Å²) >= 11 is 7.34. The van der Waals surface area contributed by atoms with Gasteiger partial charge in [0.05, 0.1) is 5.02 Å². The van der Waals surface area contributed by atoms with Crippen LogP contribution >= 0.6 is 22.9 Å². The van der Waals surface area contributed by atoms with Crippen LogP contribution in [0.15, 0.2) is 48.5 Å². The number of ether oxygens (including phenoxy) is 1. The molecule has 27 heavy (non-hydrogen) atoms. The van der Waals surface area contributed by atoms with Crippen molar-refractivity contribution >= 4 is 50.8 Å². The molecule has 0 radical (unpaired) electrons. The predicted octanol–water partition coefficient (Wildman–Crippen LogP) is 3.31. The standard InChI is InChI=1S/C18H12ClFN2O4S/c19-15-12-3-1-2-4-13(12)27-16(15)18(25)26-9-14(23)21-22-17(24)10-5-7-11(20)8-6-10/h1-8H,9H2,(H,21,23)(H,22,24). The summed E-state index contributed by atoms with van der Waals surface area (Å²) in [6.07, 6.45) is 0. The lowest BCUT2D eigenvalue weighted by Crippen LogP contribution is -2.43. The molecule has 0 aliphatic carbocycles. The maximum atomic E-state index is 12.8. The summed E-state index contributed by atoms with van der Waals surface area (Å²) in [4.78, 5) is 35.9. The first-order valence-electron chi connectivity index (χ1n) is 7.64. The van der Waals surface area contributed by atoms with E-state index in [1.54, 1.807) is 12.1 Å². The zero-order valence-electron chi connectivity index (χ0n) is 13.6. The molecule has 9 heteroatoms. The monoisotopic (exact) mass is 406 g/mol. The highest BCUT2D eigenvalue weighted by Gasteiger charge is 2.19. The molecule has 2 aromatic carbocycles. The van der Waals surface area contributed by atoms with Crippen LogP contribution in [0.2, 0.25) is 5.02 Å². The van der Waals surface area contributed by atoms with Crippen LogP contribution < -0.4 is 10.9 Å². The van der Waals surface area contributed by atoms with Gasteiger partial charge in [-0.15, -0.1) is 11.3 Å². The number of amides is 2. The number of fused-ring (bicyclic) bond motifs is 1. The number of nitrogens with one attached hydrogen (secondary N) is 2. The average Bonchev–Trinajstić information content (AvgIpc) is 3.02. The zero-order valence-corrected chi connectivity index (χ0v) is 15.2. The molecule has 1 aromatic heterocycles. The fraction of sp³-hybridized carbons (Fsp3) is 0.0556. The molecule has 0 saturated heterocycles. The van der Waals surface area contributed by atoms with Crippen molar-refractivity contribution in [1.82, 2.24) is 10.9 Å². The number of hydrogen-bond acceptors (Lipinski definition) is 5. The molecule has 0 aliphatic rings. The molecule has 0 atom stereocenters. The molecule has 3 aromatic rings. The predicted molar refractivity (Wildman–Crippen MR) is 99.1 cm³/mol. The third kappa shape index (κ3) is 4.42. The van der Waals surface area contributed by atoms with E-state index in [2.05, 4.69) is 10.9 Å². The Hall–Kier alpha value is -2.97. The molecule has 1 heterocycles. The van der Waals surface area contributed by atoms with Crippen LogP contribution in [0, 0.1) is 5.82 Å². The summed E-state index contributed by atoms with van der Waals surface area (Å²) in [7, 11) is 0. The Labute approximate surface area is 161 Å². The lowest BCUT2D eigenvalue weighted by molar-refractivity contribution is -0.125. The fourth-order valence-corrected chi connectivity index (χ4v) is 3.58. The van der Waals surface area contributed by atoms with Gasteiger partial charge in [0.25, 0.3) is 11.8 Å². The van der Waals surface area contributed by atoms with Gasteiger partial charge >= 0.3 is 5.97 Å². The highest BCUT2D eigenvalue weighted by atomic mass is 35.5. The van der Waals surface area contributed by atoms with Gasteiger partial charge in [-0.3, -0.25) is 20.4 Å². The first-order valence-corrected chi connectivity index (χ1v) is 8.84. The largest absolute Gasteiger partial charge is 0.451 e. The van der Waals surface area contributed by atoms with E-state index in [-0.39, 0.29) is 15.5 Å². The topological polar surface area (TPSA) is 84.5 Å². The van der Waals surface area contributed by atoms with Crippen LogP contribution in [0.3, 0.4) is 0 Å². The number of carbonyl (C=O) groups is 3. The van der Waals surface area contributed by atoms with Gasteiger partial charge in [-0.2, -0.15) is 0 Å². The van der Waals surface area contributed by atoms with Gasteiger partial charge in [0, 0.05) is 15.6 Å². The summed E-state index contributed by atoms with van der Waals surface area (Å²) in [6.45, 7) is -0.604. The van der Waals surface area contributed by atoms with Crippen LogP contribution in [0.25, 0.3) is 10.1 Å². The second-order valence-corrected chi connectivity index (χ2v) is 6.76. The third-order valence-corrected chi connectivity index (χ3v) is 5.13. The number of halogens is 2. The van der Waals surface area contributed by atoms with Gasteiger partial charge in [0.15, 0.2) is 6.61 Å². The quantitative estimate of drug-likeness (QED) is 0.514. The molecule has 6 nitrogen and oxygen atoms in total. The van der Waals surface area contributed by atoms with Crippen molar-refractivity contribution < 1.29 is 23.5 Å². The first-order chi connectivity index (χ1) is 13.0. The highest BCUT2D eigenvalue weighted by molar-refractivity contribution is 7.21. The molecule has 0 spiro atoms. The van der Waals surface area contributed by atoms with E-state index in [0.29, 0.717) is 0 Å². The molecule has 0 aliphatic heterocycles. The van der Waals surface area contributed by atoms with Crippen LogP contribution in [-0.2, 0) is 9.53 Å². The fourth-order valence-electron chi connectivity index (χ4n) is 2.18. The average molecular weight is 407 g/mol. The van der Waals surface area contributed by atoms with Crippen molar-refractivity contribution in [3.63, 3.8) is 0 Å². The number of hydrogen-bond donors (Lipinski definition) is 2. The first kappa shape index (κ1) is 18.8. The van der Waals surface area contributed by atoms with E-state index in [9.17, 15) is 18.8 Å². The Kier molecular flexibility index (Phi) is 5.68. The van der Waals surface area contributed by atoms with Gasteiger partial charge in [-0.05, 0) is 30.3 Å². The molecule has 138 valence electrons. The van der Waals surface area contributed by atoms with Crippen molar-refractivity contribution in [2.45, 2.75) is 0 Å². The Morgan fingerprint density at radius 2 is 1.74 bits per heavy atom. The summed E-state index contributed by atoms with van der Waals surface area (Å²) in [5.74, 6) is -2.60. The molecule has 0 unspecified atom stereocenters. The summed E-state index contributed by atoms with van der Waals surface area (Å²) in [5.41, 5.74) is 4.40. The second-order valence-electron chi connectivity index (χ2n) is 5.33. The van der Waals surface area contributed by atoms with Crippen LogP contribution in [-0.4, -0.2) is 24.4 Å². The lowest BCUT2D eigenvalue weighted by Gasteiger charge is -2.08. The van der Waals surface area contributed by atoms with Crippen molar-refractivity contribution in [2.75, 3.05) is 6.61 Å². The lowest BCUT2D eigenvalue weighted by atomic mass is 10.2. The van der Waals surface area contributed by atoms with Crippen molar-refractivity contribution in [3.05, 3.63) is 69.8 Å². The number of rotatable bonds is 4. The summed E-state index contributed by atoms with van der Waals surface area (Å²) in [6, 6.07) is 12.0. The van der Waals surface area contributed by atoms with Gasteiger partial charge < -0.3 is 4.74 Å². The third-order valence-electron chi connectivity index (χ3n) is 3.48.